The minimum absolute atomic E-state index is 0.0898. The second kappa shape index (κ2) is 10.7. The van der Waals surface area contributed by atoms with Gasteiger partial charge in [0, 0.05) is 48.5 Å². The van der Waals surface area contributed by atoms with E-state index >= 15 is 0 Å². The van der Waals surface area contributed by atoms with Gasteiger partial charge in [-0.3, -0.25) is 9.59 Å². The van der Waals surface area contributed by atoms with E-state index in [1.54, 1.807) is 19.2 Å². The van der Waals surface area contributed by atoms with Crippen molar-refractivity contribution in [3.05, 3.63) is 47.7 Å². The first-order valence-electron chi connectivity index (χ1n) is 13.8. The van der Waals surface area contributed by atoms with E-state index in [0.29, 0.717) is 23.3 Å². The minimum Gasteiger partial charge on any atom is -0.458 e. The summed E-state index contributed by atoms with van der Waals surface area (Å²) in [6.07, 6.45) is 4.70. The van der Waals surface area contributed by atoms with Crippen molar-refractivity contribution < 1.29 is 38.8 Å². The van der Waals surface area contributed by atoms with Crippen LogP contribution in [-0.2, 0) is 23.8 Å². The van der Waals surface area contributed by atoms with Gasteiger partial charge < -0.3 is 24.4 Å². The number of aliphatic hydroxyl groups is 2. The van der Waals surface area contributed by atoms with E-state index in [9.17, 15) is 24.6 Å². The van der Waals surface area contributed by atoms with Crippen LogP contribution >= 0.6 is 21.6 Å². The van der Waals surface area contributed by atoms with Crippen LogP contribution in [0.4, 0.5) is 4.79 Å². The molecule has 4 aliphatic carbocycles. The van der Waals surface area contributed by atoms with Crippen molar-refractivity contribution in [3.8, 4) is 0 Å². The van der Waals surface area contributed by atoms with Crippen molar-refractivity contribution in [2.24, 2.45) is 29.1 Å². The highest BCUT2D eigenvalue weighted by Crippen LogP contribution is 2.76. The van der Waals surface area contributed by atoms with Gasteiger partial charge in [0.1, 0.15) is 29.4 Å². The van der Waals surface area contributed by atoms with Crippen LogP contribution in [0.2, 0.25) is 0 Å². The Labute approximate surface area is 247 Å². The molecule has 0 bridgehead atoms. The fourth-order valence-corrected chi connectivity index (χ4v) is 9.40. The van der Waals surface area contributed by atoms with Crippen molar-refractivity contribution in [3.63, 3.8) is 0 Å². The number of aromatic nitrogens is 1. The molecule has 222 valence electrons. The van der Waals surface area contributed by atoms with Gasteiger partial charge in [0.15, 0.2) is 5.78 Å². The third-order valence-electron chi connectivity index (χ3n) is 9.54. The number of carbonyl (C=O) groups excluding carboxylic acids is 3. The second-order valence-electron chi connectivity index (χ2n) is 12.2. The van der Waals surface area contributed by atoms with E-state index in [4.69, 9.17) is 14.2 Å². The molecule has 0 aliphatic heterocycles. The van der Waals surface area contributed by atoms with Crippen molar-refractivity contribution in [2.45, 2.75) is 69.3 Å². The maximum Gasteiger partial charge on any atom is 0.508 e. The van der Waals surface area contributed by atoms with Gasteiger partial charge in [-0.1, -0.05) is 49.8 Å². The molecule has 1 aromatic rings. The Hall–Kier alpha value is -2.34. The lowest BCUT2D eigenvalue weighted by Crippen LogP contribution is -2.61. The molecule has 2 N–H and O–H groups in total. The minimum atomic E-state index is -1.87. The summed E-state index contributed by atoms with van der Waals surface area (Å²) in [6.45, 7) is 8.88. The third kappa shape index (κ3) is 4.92. The van der Waals surface area contributed by atoms with Crippen LogP contribution < -0.4 is 0 Å². The molecule has 41 heavy (non-hydrogen) atoms. The molecule has 0 unspecified atom stereocenters. The highest BCUT2D eigenvalue weighted by molar-refractivity contribution is 8.76. The van der Waals surface area contributed by atoms with Crippen molar-refractivity contribution in [2.75, 3.05) is 19.0 Å². The zero-order valence-electron chi connectivity index (χ0n) is 23.9. The van der Waals surface area contributed by atoms with Gasteiger partial charge in [-0.05, 0) is 53.3 Å². The van der Waals surface area contributed by atoms with E-state index in [1.807, 2.05) is 45.0 Å². The third-order valence-corrected chi connectivity index (χ3v) is 11.8. The monoisotopic (exact) mass is 603 g/mol. The molecule has 1 aromatic heterocycles. The average molecular weight is 604 g/mol. The molecule has 0 spiro atoms. The van der Waals surface area contributed by atoms with Gasteiger partial charge in [-0.2, -0.15) is 0 Å². The van der Waals surface area contributed by atoms with Gasteiger partial charge in [0.2, 0.25) is 0 Å². The van der Waals surface area contributed by atoms with Crippen LogP contribution in [0.1, 0.15) is 47.5 Å². The molecule has 4 aliphatic rings. The zero-order chi connectivity index (χ0) is 29.8. The van der Waals surface area contributed by atoms with E-state index in [1.165, 1.54) is 28.5 Å². The van der Waals surface area contributed by atoms with Crippen LogP contribution in [0.25, 0.3) is 0 Å². The molecular formula is C30H37NO8S2. The number of fused-ring (bicyclic) bond motifs is 5. The summed E-state index contributed by atoms with van der Waals surface area (Å²) in [4.78, 5) is 42.1. The number of ether oxygens (including phenoxy) is 3. The van der Waals surface area contributed by atoms with Crippen molar-refractivity contribution in [1.29, 1.82) is 0 Å². The molecule has 2 fully saturated rings. The van der Waals surface area contributed by atoms with Crippen LogP contribution in [0.3, 0.4) is 0 Å². The Morgan fingerprint density at radius 1 is 1.17 bits per heavy atom. The highest BCUT2D eigenvalue weighted by atomic mass is 33.1. The summed E-state index contributed by atoms with van der Waals surface area (Å²) < 4.78 is 16.6. The van der Waals surface area contributed by atoms with Gasteiger partial charge in [-0.25, -0.2) is 9.78 Å². The standard InChI is InChI=1S/C30H37NO8S2/c1-17-12-22-28(35,25(17)33)15-20(16-38-26(34)37-10-11-40-41-23-8-6-7-9-31-23)13-21-24-27(4,5)29(24,39-19(3)32)14-18(2)30(21,22)36/h6-9,12-13,18,21-22,24,35-36H,10-11,14-16H2,1-5H3/t18-,21+,22-,24-,28-,29+,30-/m1/s1. The van der Waals surface area contributed by atoms with E-state index in [2.05, 4.69) is 4.98 Å². The largest absolute Gasteiger partial charge is 0.508 e. The first-order valence-corrected chi connectivity index (χ1v) is 16.2. The number of pyridine rings is 1. The summed E-state index contributed by atoms with van der Waals surface area (Å²) in [7, 11) is 2.98. The van der Waals surface area contributed by atoms with Gasteiger partial charge in [0.25, 0.3) is 0 Å². The fraction of sp³-hybridized carbons (Fsp3) is 0.600. The number of nitrogens with zero attached hydrogens (tertiary/aromatic N) is 1. The lowest BCUT2D eigenvalue weighted by molar-refractivity contribution is -0.186. The van der Waals surface area contributed by atoms with Gasteiger partial charge in [-0.15, -0.1) is 0 Å². The number of hydrogen-bond donors (Lipinski definition) is 2. The molecule has 0 radical (unpaired) electrons. The molecule has 9 nitrogen and oxygen atoms in total. The summed E-state index contributed by atoms with van der Waals surface area (Å²) in [5.41, 5.74) is -3.66. The summed E-state index contributed by atoms with van der Waals surface area (Å²) in [5.74, 6) is -2.36. The molecule has 0 amide bonds. The molecule has 0 saturated heterocycles. The average Bonchev–Trinajstić information content (AvgIpc) is 3.31. The van der Waals surface area contributed by atoms with Crippen LogP contribution in [0.15, 0.2) is 52.7 Å². The zero-order valence-corrected chi connectivity index (χ0v) is 25.5. The Morgan fingerprint density at radius 3 is 2.61 bits per heavy atom. The summed E-state index contributed by atoms with van der Waals surface area (Å²) in [5, 5.41) is 25.2. The molecule has 2 saturated carbocycles. The fourth-order valence-electron chi connectivity index (χ4n) is 7.70. The smallest absolute Gasteiger partial charge is 0.458 e. The molecular weight excluding hydrogens is 566 g/mol. The predicted octanol–water partition coefficient (Wildman–Crippen LogP) is 4.53. The number of carbonyl (C=O) groups is 3. The van der Waals surface area contributed by atoms with Gasteiger partial charge in [0.05, 0.1) is 5.60 Å². The molecule has 7 atom stereocenters. The molecule has 11 heteroatoms. The predicted molar refractivity (Wildman–Crippen MR) is 154 cm³/mol. The Bertz CT molecular complexity index is 1300. The molecule has 0 aromatic carbocycles. The molecule has 1 heterocycles. The lowest BCUT2D eigenvalue weighted by atomic mass is 9.60. The Morgan fingerprint density at radius 2 is 1.93 bits per heavy atom. The quantitative estimate of drug-likeness (QED) is 0.188. The number of ketones is 1. The maximum absolute atomic E-state index is 13.3. The normalized spacial score (nSPS) is 36.5. The number of Topliss-reactive ketones (excluding diaryl/α,β-unsaturated/α-hetero) is 1. The Balaban J connectivity index is 1.32. The van der Waals surface area contributed by atoms with Crippen LogP contribution in [-0.4, -0.2) is 68.9 Å². The Kier molecular flexibility index (Phi) is 7.89. The van der Waals surface area contributed by atoms with Crippen LogP contribution in [0.5, 0.6) is 0 Å². The SMILES string of the molecule is CC(=O)O[C@@]12C[C@@H](C)[C@@]3(O)[C@@H](C=C(COC(=O)OCCSSc4ccccn4)C[C@]4(O)C(=O)C(C)=C[C@@H]34)[C@@H]1C2(C)C. The topological polar surface area (TPSA) is 132 Å². The summed E-state index contributed by atoms with van der Waals surface area (Å²) >= 11 is 0. The number of rotatable bonds is 8. The lowest BCUT2D eigenvalue weighted by Gasteiger charge is -2.50. The first kappa shape index (κ1) is 30.1. The molecule has 5 rings (SSSR count). The van der Waals surface area contributed by atoms with Crippen LogP contribution in [0, 0.1) is 29.1 Å². The highest BCUT2D eigenvalue weighted by Gasteiger charge is 2.83. The first-order chi connectivity index (χ1) is 19.3. The van der Waals surface area contributed by atoms with Crippen molar-refractivity contribution in [1.82, 2.24) is 4.98 Å². The number of hydrogen-bond acceptors (Lipinski definition) is 11. The van der Waals surface area contributed by atoms with Gasteiger partial charge >= 0.3 is 12.1 Å². The second-order valence-corrected chi connectivity index (χ2v) is 14.7. The van der Waals surface area contributed by atoms with E-state index in [-0.39, 0.29) is 31.5 Å². The number of esters is 1. The van der Waals surface area contributed by atoms with Crippen molar-refractivity contribution >= 4 is 39.5 Å². The van der Waals surface area contributed by atoms with E-state index < -0.39 is 51.9 Å². The maximum atomic E-state index is 13.3. The summed E-state index contributed by atoms with van der Waals surface area (Å²) in [6, 6.07) is 5.63. The van der Waals surface area contributed by atoms with E-state index in [0.717, 1.165) is 5.03 Å².